The van der Waals surface area contributed by atoms with Gasteiger partial charge in [0.25, 0.3) is 5.88 Å². The molecule has 0 radical (unpaired) electrons. The van der Waals surface area contributed by atoms with Crippen molar-refractivity contribution in [2.24, 2.45) is 0 Å². The number of phenols is 2. The first-order valence-corrected chi connectivity index (χ1v) is 10.9. The molecule has 1 amide bonds. The van der Waals surface area contributed by atoms with Crippen LogP contribution >= 0.6 is 11.6 Å². The summed E-state index contributed by atoms with van der Waals surface area (Å²) in [6, 6.07) is 10.2. The van der Waals surface area contributed by atoms with Gasteiger partial charge in [0.2, 0.25) is 0 Å². The van der Waals surface area contributed by atoms with Crippen molar-refractivity contribution in [3.63, 3.8) is 0 Å². The molecule has 33 heavy (non-hydrogen) atoms. The molecule has 0 saturated carbocycles. The van der Waals surface area contributed by atoms with Crippen LogP contribution in [0.2, 0.25) is 5.02 Å². The van der Waals surface area contributed by atoms with E-state index in [1.807, 2.05) is 24.3 Å². The first-order valence-electron chi connectivity index (χ1n) is 10.5. The molecule has 1 aromatic heterocycles. The van der Waals surface area contributed by atoms with Gasteiger partial charge in [-0.3, -0.25) is 4.90 Å². The van der Waals surface area contributed by atoms with Gasteiger partial charge in [-0.15, -0.1) is 0 Å². The van der Waals surface area contributed by atoms with Crippen LogP contribution in [-0.2, 0) is 11.3 Å². The molecule has 1 fully saturated rings. The van der Waals surface area contributed by atoms with Crippen LogP contribution in [0.25, 0.3) is 22.5 Å². The third-order valence-electron chi connectivity index (χ3n) is 5.23. The second-order valence-corrected chi connectivity index (χ2v) is 7.93. The average molecular weight is 474 g/mol. The Bertz CT molecular complexity index is 1130. The van der Waals surface area contributed by atoms with Crippen molar-refractivity contribution in [1.82, 2.24) is 15.4 Å². The molecule has 0 atom stereocenters. The Morgan fingerprint density at radius 3 is 2.61 bits per heavy atom. The molecule has 3 N–H and O–H groups in total. The predicted molar refractivity (Wildman–Crippen MR) is 122 cm³/mol. The van der Waals surface area contributed by atoms with Crippen LogP contribution < -0.4 is 10.1 Å². The highest BCUT2D eigenvalue weighted by molar-refractivity contribution is 6.32. The standard InChI is InChI=1S/C23H24ClN3O6/c1-2-25-23(30)32-22-20(21(33-26-22)16-11-17(24)19(29)12-18(16)28)15-5-3-14(4-6-15)13-27-7-9-31-10-8-27/h3-6,11-12,28-29H,2,7-10,13H2,1H3,(H,25,30). The summed E-state index contributed by atoms with van der Waals surface area (Å²) in [6.45, 7) is 6.13. The van der Waals surface area contributed by atoms with Gasteiger partial charge >= 0.3 is 6.09 Å². The van der Waals surface area contributed by atoms with E-state index in [1.165, 1.54) is 6.07 Å². The minimum atomic E-state index is -0.685. The monoisotopic (exact) mass is 473 g/mol. The normalized spacial score (nSPS) is 14.2. The van der Waals surface area contributed by atoms with E-state index < -0.39 is 6.09 Å². The minimum Gasteiger partial charge on any atom is -0.507 e. The molecular formula is C23H24ClN3O6. The van der Waals surface area contributed by atoms with Gasteiger partial charge in [0.15, 0.2) is 5.76 Å². The van der Waals surface area contributed by atoms with Crippen molar-refractivity contribution in [3.05, 3.63) is 47.0 Å². The maximum atomic E-state index is 12.0. The van der Waals surface area contributed by atoms with Gasteiger partial charge in [-0.2, -0.15) is 0 Å². The Hall–Kier alpha value is -3.27. The van der Waals surface area contributed by atoms with Gasteiger partial charge in [-0.1, -0.05) is 35.9 Å². The number of carbonyl (C=O) groups excluding carboxylic acids is 1. The zero-order valence-electron chi connectivity index (χ0n) is 18.0. The molecular weight excluding hydrogens is 450 g/mol. The average Bonchev–Trinajstić information content (AvgIpc) is 3.20. The van der Waals surface area contributed by atoms with Crippen LogP contribution in [0.1, 0.15) is 12.5 Å². The Balaban J connectivity index is 1.71. The molecule has 1 saturated heterocycles. The summed E-state index contributed by atoms with van der Waals surface area (Å²) in [5.41, 5.74) is 2.35. The van der Waals surface area contributed by atoms with Crippen molar-refractivity contribution in [2.45, 2.75) is 13.5 Å². The minimum absolute atomic E-state index is 0.0252. The number of phenolic OH excluding ortho intramolecular Hbond substituents is 2. The number of hydrogen-bond donors (Lipinski definition) is 3. The van der Waals surface area contributed by atoms with E-state index in [0.29, 0.717) is 17.7 Å². The van der Waals surface area contributed by atoms with Crippen LogP contribution in [0.5, 0.6) is 17.4 Å². The van der Waals surface area contributed by atoms with Crippen LogP contribution in [0.4, 0.5) is 4.79 Å². The van der Waals surface area contributed by atoms with Crippen molar-refractivity contribution < 1.29 is 29.0 Å². The van der Waals surface area contributed by atoms with E-state index in [4.69, 9.17) is 25.6 Å². The number of hydrogen-bond acceptors (Lipinski definition) is 8. The largest absolute Gasteiger partial charge is 0.507 e. The van der Waals surface area contributed by atoms with Crippen LogP contribution in [-0.4, -0.2) is 59.2 Å². The molecule has 10 heteroatoms. The zero-order valence-corrected chi connectivity index (χ0v) is 18.8. The van der Waals surface area contributed by atoms with Gasteiger partial charge in [0.05, 0.1) is 29.4 Å². The predicted octanol–water partition coefficient (Wildman–Crippen LogP) is 4.01. The van der Waals surface area contributed by atoms with E-state index in [0.717, 1.165) is 44.5 Å². The quantitative estimate of drug-likeness (QED) is 0.491. The van der Waals surface area contributed by atoms with Crippen LogP contribution in [0.15, 0.2) is 40.9 Å². The number of halogens is 1. The Morgan fingerprint density at radius 2 is 1.91 bits per heavy atom. The SMILES string of the molecule is CCNC(=O)Oc1noc(-c2cc(Cl)c(O)cc2O)c1-c1ccc(CN2CCOCC2)cc1. The molecule has 0 spiro atoms. The second kappa shape index (κ2) is 10.1. The summed E-state index contributed by atoms with van der Waals surface area (Å²) in [5, 5.41) is 26.6. The van der Waals surface area contributed by atoms with E-state index in [2.05, 4.69) is 15.4 Å². The Kier molecular flexibility index (Phi) is 7.02. The van der Waals surface area contributed by atoms with E-state index in [-0.39, 0.29) is 33.7 Å². The molecule has 2 heterocycles. The fraction of sp³-hybridized carbons (Fsp3) is 0.304. The van der Waals surface area contributed by atoms with Gasteiger partial charge in [-0.05, 0) is 29.3 Å². The molecule has 1 aliphatic heterocycles. The highest BCUT2D eigenvalue weighted by Crippen LogP contribution is 2.45. The lowest BCUT2D eigenvalue weighted by Crippen LogP contribution is -2.35. The van der Waals surface area contributed by atoms with Gasteiger partial charge in [0, 0.05) is 32.2 Å². The zero-order chi connectivity index (χ0) is 23.4. The van der Waals surface area contributed by atoms with Gasteiger partial charge in [-0.25, -0.2) is 4.79 Å². The lowest BCUT2D eigenvalue weighted by molar-refractivity contribution is 0.0342. The molecule has 2 aromatic carbocycles. The molecule has 174 valence electrons. The van der Waals surface area contributed by atoms with Crippen molar-refractivity contribution in [1.29, 1.82) is 0 Å². The summed E-state index contributed by atoms with van der Waals surface area (Å²) < 4.78 is 16.2. The van der Waals surface area contributed by atoms with Crippen LogP contribution in [0, 0.1) is 0 Å². The lowest BCUT2D eigenvalue weighted by atomic mass is 10.00. The lowest BCUT2D eigenvalue weighted by Gasteiger charge is -2.26. The van der Waals surface area contributed by atoms with Gasteiger partial charge in [0.1, 0.15) is 11.5 Å². The molecule has 4 rings (SSSR count). The number of aromatic hydroxyl groups is 2. The number of rotatable bonds is 6. The number of carbonyl (C=O) groups is 1. The fourth-order valence-electron chi connectivity index (χ4n) is 3.58. The number of nitrogens with one attached hydrogen (secondary N) is 1. The highest BCUT2D eigenvalue weighted by atomic mass is 35.5. The van der Waals surface area contributed by atoms with Crippen LogP contribution in [0.3, 0.4) is 0 Å². The number of amides is 1. The summed E-state index contributed by atoms with van der Waals surface area (Å²) in [7, 11) is 0. The van der Waals surface area contributed by atoms with E-state index >= 15 is 0 Å². The van der Waals surface area contributed by atoms with Gasteiger partial charge < -0.3 is 29.5 Å². The first kappa shape index (κ1) is 22.9. The number of morpholine rings is 1. The Morgan fingerprint density at radius 1 is 1.18 bits per heavy atom. The third-order valence-corrected chi connectivity index (χ3v) is 5.54. The maximum Gasteiger partial charge on any atom is 0.414 e. The first-order chi connectivity index (χ1) is 16.0. The summed E-state index contributed by atoms with van der Waals surface area (Å²) in [5.74, 6) is -0.442. The number of nitrogens with zero attached hydrogens (tertiary/aromatic N) is 2. The number of ether oxygens (including phenoxy) is 2. The number of benzene rings is 2. The second-order valence-electron chi connectivity index (χ2n) is 7.52. The third kappa shape index (κ3) is 5.22. The molecule has 3 aromatic rings. The molecule has 0 bridgehead atoms. The molecule has 0 unspecified atom stereocenters. The molecule has 1 aliphatic rings. The summed E-state index contributed by atoms with van der Waals surface area (Å²) >= 11 is 6.05. The summed E-state index contributed by atoms with van der Waals surface area (Å²) in [6.07, 6.45) is -0.685. The van der Waals surface area contributed by atoms with E-state index in [1.54, 1.807) is 6.92 Å². The van der Waals surface area contributed by atoms with Crippen molar-refractivity contribution in [2.75, 3.05) is 32.8 Å². The summed E-state index contributed by atoms with van der Waals surface area (Å²) in [4.78, 5) is 14.4. The Labute approximate surface area is 195 Å². The maximum absolute atomic E-state index is 12.0. The van der Waals surface area contributed by atoms with Crippen molar-refractivity contribution in [3.8, 4) is 39.8 Å². The van der Waals surface area contributed by atoms with E-state index in [9.17, 15) is 15.0 Å². The molecule has 0 aliphatic carbocycles. The molecule has 9 nitrogen and oxygen atoms in total. The van der Waals surface area contributed by atoms with Crippen molar-refractivity contribution >= 4 is 17.7 Å². The number of aromatic nitrogens is 1. The topological polar surface area (TPSA) is 117 Å². The fourth-order valence-corrected chi connectivity index (χ4v) is 3.74. The highest BCUT2D eigenvalue weighted by Gasteiger charge is 2.25. The smallest absolute Gasteiger partial charge is 0.414 e.